The van der Waals surface area contributed by atoms with Gasteiger partial charge in [-0.25, -0.2) is 8.42 Å². The summed E-state index contributed by atoms with van der Waals surface area (Å²) in [4.78, 5) is 12.5. The van der Waals surface area contributed by atoms with Gasteiger partial charge in [0.2, 0.25) is 10.0 Å². The molecular weight excluding hydrogens is 368 g/mol. The van der Waals surface area contributed by atoms with E-state index in [0.29, 0.717) is 48.0 Å². The number of methoxy groups -OCH3 is 1. The Morgan fingerprint density at radius 2 is 1.89 bits per heavy atom. The van der Waals surface area contributed by atoms with E-state index in [1.165, 1.54) is 11.4 Å². The van der Waals surface area contributed by atoms with Crippen molar-refractivity contribution in [3.05, 3.63) is 48.0 Å². The van der Waals surface area contributed by atoms with E-state index in [4.69, 9.17) is 9.47 Å². The summed E-state index contributed by atoms with van der Waals surface area (Å²) in [7, 11) is -1.70. The Kier molecular flexibility index (Phi) is 5.55. The second-order valence-corrected chi connectivity index (χ2v) is 8.05. The van der Waals surface area contributed by atoms with Crippen molar-refractivity contribution in [1.82, 2.24) is 0 Å². The number of nitrogens with zero attached hydrogens (tertiary/aromatic N) is 1. The third-order valence-corrected chi connectivity index (χ3v) is 6.11. The van der Waals surface area contributed by atoms with Crippen LogP contribution in [-0.2, 0) is 10.0 Å². The number of nitrogens with one attached hydrogen (secondary N) is 1. The van der Waals surface area contributed by atoms with Crippen LogP contribution in [0.15, 0.2) is 42.5 Å². The van der Waals surface area contributed by atoms with Gasteiger partial charge in [0.05, 0.1) is 25.2 Å². The van der Waals surface area contributed by atoms with E-state index >= 15 is 0 Å². The number of sulfonamides is 1. The van der Waals surface area contributed by atoms with Crippen molar-refractivity contribution in [2.75, 3.05) is 35.6 Å². The minimum Gasteiger partial charge on any atom is -0.493 e. The van der Waals surface area contributed by atoms with Crippen LogP contribution >= 0.6 is 0 Å². The van der Waals surface area contributed by atoms with Gasteiger partial charge in [-0.1, -0.05) is 0 Å². The van der Waals surface area contributed by atoms with Crippen molar-refractivity contribution in [3.8, 4) is 11.5 Å². The van der Waals surface area contributed by atoms with Gasteiger partial charge in [-0.3, -0.25) is 9.10 Å². The monoisotopic (exact) mass is 390 g/mol. The predicted octanol–water partition coefficient (Wildman–Crippen LogP) is 2.89. The SMILES string of the molecule is CCOc1ccc(C(=O)Nc2ccc(N3CCCS3(=O)=O)cc2)cc1OC. The molecule has 1 fully saturated rings. The van der Waals surface area contributed by atoms with Crippen molar-refractivity contribution >= 4 is 27.3 Å². The zero-order valence-corrected chi connectivity index (χ0v) is 16.1. The number of hydrogen-bond acceptors (Lipinski definition) is 5. The zero-order chi connectivity index (χ0) is 19.4. The third-order valence-electron chi connectivity index (χ3n) is 4.24. The summed E-state index contributed by atoms with van der Waals surface area (Å²) in [6.45, 7) is 2.86. The molecule has 2 aromatic rings. The molecule has 0 atom stereocenters. The smallest absolute Gasteiger partial charge is 0.255 e. The van der Waals surface area contributed by atoms with Crippen LogP contribution in [0.3, 0.4) is 0 Å². The minimum atomic E-state index is -3.22. The molecule has 27 heavy (non-hydrogen) atoms. The lowest BCUT2D eigenvalue weighted by Crippen LogP contribution is -2.24. The maximum Gasteiger partial charge on any atom is 0.255 e. The van der Waals surface area contributed by atoms with Gasteiger partial charge in [-0.2, -0.15) is 0 Å². The molecule has 1 heterocycles. The highest BCUT2D eigenvalue weighted by Gasteiger charge is 2.28. The predicted molar refractivity (Wildman–Crippen MR) is 104 cm³/mol. The number of anilines is 2. The van der Waals surface area contributed by atoms with E-state index in [2.05, 4.69) is 5.32 Å². The summed E-state index contributed by atoms with van der Waals surface area (Å²) in [5, 5.41) is 2.80. The van der Waals surface area contributed by atoms with Crippen LogP contribution in [0.1, 0.15) is 23.7 Å². The van der Waals surface area contributed by atoms with Crippen LogP contribution in [0, 0.1) is 0 Å². The molecule has 8 heteroatoms. The number of carbonyl (C=O) groups excluding carboxylic acids is 1. The number of benzene rings is 2. The van der Waals surface area contributed by atoms with Crippen LogP contribution in [-0.4, -0.2) is 40.3 Å². The Labute approximate surface area is 158 Å². The molecule has 144 valence electrons. The molecule has 1 N–H and O–H groups in total. The van der Waals surface area contributed by atoms with Gasteiger partial charge in [0.15, 0.2) is 11.5 Å². The summed E-state index contributed by atoms with van der Waals surface area (Å²) >= 11 is 0. The first-order valence-electron chi connectivity index (χ1n) is 8.67. The van der Waals surface area contributed by atoms with Crippen molar-refractivity contribution in [1.29, 1.82) is 0 Å². The molecule has 0 bridgehead atoms. The van der Waals surface area contributed by atoms with E-state index in [-0.39, 0.29) is 11.7 Å². The lowest BCUT2D eigenvalue weighted by molar-refractivity contribution is 0.102. The molecule has 2 aromatic carbocycles. The molecule has 7 nitrogen and oxygen atoms in total. The fraction of sp³-hybridized carbons (Fsp3) is 0.316. The number of carbonyl (C=O) groups is 1. The molecule has 0 saturated carbocycles. The molecule has 0 aliphatic carbocycles. The Morgan fingerprint density at radius 3 is 2.48 bits per heavy atom. The van der Waals surface area contributed by atoms with E-state index in [0.717, 1.165) is 0 Å². The molecule has 1 aliphatic heterocycles. The van der Waals surface area contributed by atoms with Crippen molar-refractivity contribution in [3.63, 3.8) is 0 Å². The van der Waals surface area contributed by atoms with Crippen LogP contribution in [0.4, 0.5) is 11.4 Å². The van der Waals surface area contributed by atoms with Crippen LogP contribution in [0.2, 0.25) is 0 Å². The summed E-state index contributed by atoms with van der Waals surface area (Å²) in [6.07, 6.45) is 0.625. The third kappa shape index (κ3) is 4.16. The molecule has 0 unspecified atom stereocenters. The van der Waals surface area contributed by atoms with Gasteiger partial charge < -0.3 is 14.8 Å². The molecule has 1 saturated heterocycles. The maximum absolute atomic E-state index is 12.5. The topological polar surface area (TPSA) is 84.9 Å². The largest absolute Gasteiger partial charge is 0.493 e. The molecular formula is C19H22N2O5S. The molecule has 3 rings (SSSR count). The Hall–Kier alpha value is -2.74. The molecule has 1 amide bonds. The highest BCUT2D eigenvalue weighted by atomic mass is 32.2. The first-order chi connectivity index (χ1) is 12.9. The first kappa shape index (κ1) is 19.0. The fourth-order valence-corrected chi connectivity index (χ4v) is 4.49. The second kappa shape index (κ2) is 7.87. The van der Waals surface area contributed by atoms with E-state index < -0.39 is 10.0 Å². The van der Waals surface area contributed by atoms with E-state index in [1.54, 1.807) is 42.5 Å². The summed E-state index contributed by atoms with van der Waals surface area (Å²) in [5.41, 5.74) is 1.61. The normalized spacial score (nSPS) is 15.4. The summed E-state index contributed by atoms with van der Waals surface area (Å²) < 4.78 is 36.1. The van der Waals surface area contributed by atoms with Crippen molar-refractivity contribution in [2.45, 2.75) is 13.3 Å². The fourth-order valence-electron chi connectivity index (χ4n) is 2.93. The molecule has 0 radical (unpaired) electrons. The zero-order valence-electron chi connectivity index (χ0n) is 15.3. The number of amides is 1. The van der Waals surface area contributed by atoms with Crippen LogP contribution < -0.4 is 19.1 Å². The average molecular weight is 390 g/mol. The minimum absolute atomic E-state index is 0.172. The van der Waals surface area contributed by atoms with Gasteiger partial charge in [-0.15, -0.1) is 0 Å². The quantitative estimate of drug-likeness (QED) is 0.820. The van der Waals surface area contributed by atoms with Gasteiger partial charge in [0.1, 0.15) is 0 Å². The maximum atomic E-state index is 12.5. The van der Waals surface area contributed by atoms with Crippen molar-refractivity contribution < 1.29 is 22.7 Å². The standard InChI is InChI=1S/C19H22N2O5S/c1-3-26-17-10-5-14(13-18(17)25-2)19(22)20-15-6-8-16(9-7-15)21-11-4-12-27(21,23)24/h5-10,13H,3-4,11-12H2,1-2H3,(H,20,22). The highest BCUT2D eigenvalue weighted by Crippen LogP contribution is 2.29. The summed E-state index contributed by atoms with van der Waals surface area (Å²) in [6, 6.07) is 11.7. The van der Waals surface area contributed by atoms with E-state index in [1.807, 2.05) is 6.92 Å². The van der Waals surface area contributed by atoms with E-state index in [9.17, 15) is 13.2 Å². The van der Waals surface area contributed by atoms with Gasteiger partial charge in [-0.05, 0) is 55.8 Å². The number of ether oxygens (including phenoxy) is 2. The Balaban J connectivity index is 1.73. The molecule has 1 aliphatic rings. The van der Waals surface area contributed by atoms with Crippen LogP contribution in [0.5, 0.6) is 11.5 Å². The Morgan fingerprint density at radius 1 is 1.15 bits per heavy atom. The highest BCUT2D eigenvalue weighted by molar-refractivity contribution is 7.93. The van der Waals surface area contributed by atoms with Gasteiger partial charge in [0.25, 0.3) is 5.91 Å². The Bertz CT molecular complexity index is 926. The number of rotatable bonds is 6. The molecule has 0 spiro atoms. The second-order valence-electron chi connectivity index (χ2n) is 6.04. The summed E-state index contributed by atoms with van der Waals surface area (Å²) in [5.74, 6) is 0.940. The van der Waals surface area contributed by atoms with Crippen LogP contribution in [0.25, 0.3) is 0 Å². The number of hydrogen-bond donors (Lipinski definition) is 1. The first-order valence-corrected chi connectivity index (χ1v) is 10.3. The van der Waals surface area contributed by atoms with Crippen molar-refractivity contribution in [2.24, 2.45) is 0 Å². The molecule has 0 aromatic heterocycles. The average Bonchev–Trinajstić information content (AvgIpc) is 3.02. The lowest BCUT2D eigenvalue weighted by Gasteiger charge is -2.17. The lowest BCUT2D eigenvalue weighted by atomic mass is 10.1. The van der Waals surface area contributed by atoms with Gasteiger partial charge >= 0.3 is 0 Å². The van der Waals surface area contributed by atoms with Gasteiger partial charge in [0, 0.05) is 17.8 Å².